The summed E-state index contributed by atoms with van der Waals surface area (Å²) >= 11 is 7.26. The van der Waals surface area contributed by atoms with Gasteiger partial charge in [0, 0.05) is 17.5 Å². The fourth-order valence-corrected chi connectivity index (χ4v) is 3.26. The predicted octanol–water partition coefficient (Wildman–Crippen LogP) is 4.83. The smallest absolute Gasteiger partial charge is 0.273 e. The summed E-state index contributed by atoms with van der Waals surface area (Å²) < 4.78 is 11.4. The van der Waals surface area contributed by atoms with Crippen molar-refractivity contribution in [2.75, 3.05) is 20.2 Å². The lowest BCUT2D eigenvalue weighted by molar-refractivity contribution is 0.0768. The maximum absolute atomic E-state index is 12.5. The third-order valence-corrected chi connectivity index (χ3v) is 5.15. The number of benzene rings is 2. The minimum atomic E-state index is -0.137. The molecule has 0 saturated heterocycles. The highest BCUT2D eigenvalue weighted by Crippen LogP contribution is 2.19. The molecule has 1 heterocycles. The minimum Gasteiger partial charge on any atom is -0.491 e. The molecule has 5 nitrogen and oxygen atoms in total. The molecule has 0 atom stereocenters. The number of carbonyl (C=O) groups is 1. The Labute approximate surface area is 173 Å². The highest BCUT2D eigenvalue weighted by atomic mass is 35.5. The summed E-state index contributed by atoms with van der Waals surface area (Å²) in [4.78, 5) is 18.5. The molecular formula is C21H21ClN2O3S. The lowest BCUT2D eigenvalue weighted by Crippen LogP contribution is -2.31. The van der Waals surface area contributed by atoms with Crippen LogP contribution < -0.4 is 9.47 Å². The molecule has 3 rings (SSSR count). The van der Waals surface area contributed by atoms with E-state index in [1.165, 1.54) is 11.3 Å². The van der Waals surface area contributed by atoms with Crippen LogP contribution >= 0.6 is 22.9 Å². The van der Waals surface area contributed by atoms with E-state index in [2.05, 4.69) is 4.98 Å². The second kappa shape index (κ2) is 9.57. The molecular weight excluding hydrogens is 396 g/mol. The number of carbonyl (C=O) groups excluding carboxylic acids is 1. The zero-order chi connectivity index (χ0) is 19.9. The topological polar surface area (TPSA) is 51.7 Å². The Morgan fingerprint density at radius 1 is 1.14 bits per heavy atom. The van der Waals surface area contributed by atoms with Crippen LogP contribution in [0.2, 0.25) is 5.02 Å². The molecule has 1 aromatic heterocycles. The van der Waals surface area contributed by atoms with Crippen molar-refractivity contribution in [1.82, 2.24) is 9.88 Å². The van der Waals surface area contributed by atoms with E-state index in [-0.39, 0.29) is 5.91 Å². The predicted molar refractivity (Wildman–Crippen MR) is 112 cm³/mol. The molecule has 7 heteroatoms. The Kier molecular flexibility index (Phi) is 6.90. The van der Waals surface area contributed by atoms with Crippen molar-refractivity contribution in [3.63, 3.8) is 0 Å². The molecule has 0 aliphatic carbocycles. The second-order valence-electron chi connectivity index (χ2n) is 6.21. The van der Waals surface area contributed by atoms with Gasteiger partial charge in [0.25, 0.3) is 5.91 Å². The summed E-state index contributed by atoms with van der Waals surface area (Å²) in [5.41, 5.74) is 1.49. The van der Waals surface area contributed by atoms with Crippen LogP contribution in [0.25, 0.3) is 0 Å². The molecule has 0 fully saturated rings. The van der Waals surface area contributed by atoms with Crippen LogP contribution in [-0.4, -0.2) is 36.0 Å². The first-order chi connectivity index (χ1) is 13.5. The largest absolute Gasteiger partial charge is 0.491 e. The molecule has 1 amide bonds. The van der Waals surface area contributed by atoms with Gasteiger partial charge in [-0.15, -0.1) is 11.3 Å². The van der Waals surface area contributed by atoms with Gasteiger partial charge in [-0.25, -0.2) is 4.98 Å². The van der Waals surface area contributed by atoms with Gasteiger partial charge >= 0.3 is 0 Å². The first-order valence-corrected chi connectivity index (χ1v) is 10.1. The molecule has 0 aliphatic rings. The number of aryl methyl sites for hydroxylation is 1. The van der Waals surface area contributed by atoms with Crippen molar-refractivity contribution in [3.05, 3.63) is 75.2 Å². The zero-order valence-electron chi connectivity index (χ0n) is 15.7. The number of hydrogen-bond donors (Lipinski definition) is 0. The van der Waals surface area contributed by atoms with Gasteiger partial charge in [-0.3, -0.25) is 4.79 Å². The maximum atomic E-state index is 12.5. The SMILES string of the molecule is Cc1ccccc1OCCN(C)C(=O)c1csc(COc2ccc(Cl)cc2)n1. The molecule has 28 heavy (non-hydrogen) atoms. The lowest BCUT2D eigenvalue weighted by Gasteiger charge is -2.17. The monoisotopic (exact) mass is 416 g/mol. The minimum absolute atomic E-state index is 0.137. The van der Waals surface area contributed by atoms with Crippen LogP contribution in [-0.2, 0) is 6.61 Å². The Balaban J connectivity index is 1.48. The third-order valence-electron chi connectivity index (χ3n) is 4.07. The highest BCUT2D eigenvalue weighted by Gasteiger charge is 2.16. The Morgan fingerprint density at radius 3 is 2.64 bits per heavy atom. The van der Waals surface area contributed by atoms with E-state index in [9.17, 15) is 4.79 Å². The summed E-state index contributed by atoms with van der Waals surface area (Å²) in [5, 5.41) is 3.15. The van der Waals surface area contributed by atoms with E-state index in [0.29, 0.717) is 36.2 Å². The zero-order valence-corrected chi connectivity index (χ0v) is 17.3. The van der Waals surface area contributed by atoms with E-state index < -0.39 is 0 Å². The van der Waals surface area contributed by atoms with E-state index in [4.69, 9.17) is 21.1 Å². The first kappa shape index (κ1) is 20.2. The van der Waals surface area contributed by atoms with E-state index in [1.807, 2.05) is 31.2 Å². The van der Waals surface area contributed by atoms with Crippen molar-refractivity contribution in [3.8, 4) is 11.5 Å². The number of likely N-dealkylation sites (N-methyl/N-ethyl adjacent to an activating group) is 1. The Morgan fingerprint density at radius 2 is 1.89 bits per heavy atom. The first-order valence-electron chi connectivity index (χ1n) is 8.79. The van der Waals surface area contributed by atoms with Crippen molar-refractivity contribution in [1.29, 1.82) is 0 Å². The fourth-order valence-electron chi connectivity index (χ4n) is 2.46. The normalized spacial score (nSPS) is 10.5. The molecule has 3 aromatic rings. The van der Waals surface area contributed by atoms with Crippen molar-refractivity contribution < 1.29 is 14.3 Å². The van der Waals surface area contributed by atoms with Gasteiger partial charge in [-0.05, 0) is 42.8 Å². The van der Waals surface area contributed by atoms with Crippen LogP contribution in [0.3, 0.4) is 0 Å². The number of ether oxygens (including phenoxy) is 2. The molecule has 2 aromatic carbocycles. The molecule has 0 spiro atoms. The summed E-state index contributed by atoms with van der Waals surface area (Å²) in [6.07, 6.45) is 0. The van der Waals surface area contributed by atoms with Gasteiger partial charge in [-0.2, -0.15) is 0 Å². The molecule has 0 bridgehead atoms. The van der Waals surface area contributed by atoms with Crippen LogP contribution in [0.5, 0.6) is 11.5 Å². The fraction of sp³-hybridized carbons (Fsp3) is 0.238. The maximum Gasteiger partial charge on any atom is 0.273 e. The van der Waals surface area contributed by atoms with Gasteiger partial charge in [0.15, 0.2) is 0 Å². The third kappa shape index (κ3) is 5.47. The van der Waals surface area contributed by atoms with E-state index in [0.717, 1.165) is 16.3 Å². The average molecular weight is 417 g/mol. The molecule has 0 radical (unpaired) electrons. The van der Waals surface area contributed by atoms with Gasteiger partial charge in [-0.1, -0.05) is 29.8 Å². The van der Waals surface area contributed by atoms with Gasteiger partial charge in [0.1, 0.15) is 35.4 Å². The van der Waals surface area contributed by atoms with Crippen molar-refractivity contribution in [2.45, 2.75) is 13.5 Å². The summed E-state index contributed by atoms with van der Waals surface area (Å²) in [7, 11) is 1.74. The molecule has 0 aliphatic heterocycles. The number of halogens is 1. The molecule has 146 valence electrons. The number of aromatic nitrogens is 1. The highest BCUT2D eigenvalue weighted by molar-refractivity contribution is 7.09. The van der Waals surface area contributed by atoms with Gasteiger partial charge < -0.3 is 14.4 Å². The second-order valence-corrected chi connectivity index (χ2v) is 7.59. The van der Waals surface area contributed by atoms with Crippen LogP contribution in [0.4, 0.5) is 0 Å². The number of rotatable bonds is 8. The summed E-state index contributed by atoms with van der Waals surface area (Å²) in [6.45, 7) is 3.19. The van der Waals surface area contributed by atoms with Gasteiger partial charge in [0.2, 0.25) is 0 Å². The molecule has 0 N–H and O–H groups in total. The van der Waals surface area contributed by atoms with E-state index in [1.54, 1.807) is 41.6 Å². The standard InChI is InChI=1S/C21H21ClN2O3S/c1-15-5-3-4-6-19(15)26-12-11-24(2)21(25)18-14-28-20(23-18)13-27-17-9-7-16(22)8-10-17/h3-10,14H,11-13H2,1-2H3. The van der Waals surface area contributed by atoms with Crippen molar-refractivity contribution >= 4 is 28.8 Å². The molecule has 0 unspecified atom stereocenters. The quantitative estimate of drug-likeness (QED) is 0.527. The number of amides is 1. The number of para-hydroxylation sites is 1. The Hall–Kier alpha value is -2.57. The van der Waals surface area contributed by atoms with Gasteiger partial charge in [0.05, 0.1) is 6.54 Å². The molecule has 0 saturated carbocycles. The number of thiazole rings is 1. The summed E-state index contributed by atoms with van der Waals surface area (Å²) in [6, 6.07) is 14.9. The van der Waals surface area contributed by atoms with E-state index >= 15 is 0 Å². The van der Waals surface area contributed by atoms with Crippen molar-refractivity contribution in [2.24, 2.45) is 0 Å². The lowest BCUT2D eigenvalue weighted by atomic mass is 10.2. The Bertz CT molecular complexity index is 927. The van der Waals surface area contributed by atoms with Crippen LogP contribution in [0.1, 0.15) is 21.1 Å². The summed E-state index contributed by atoms with van der Waals surface area (Å²) in [5.74, 6) is 1.40. The van der Waals surface area contributed by atoms with Crippen LogP contribution in [0.15, 0.2) is 53.9 Å². The number of nitrogens with zero attached hydrogens (tertiary/aromatic N) is 2. The van der Waals surface area contributed by atoms with Crippen LogP contribution in [0, 0.1) is 6.92 Å². The number of hydrogen-bond acceptors (Lipinski definition) is 5. The average Bonchev–Trinajstić information content (AvgIpc) is 3.17.